The van der Waals surface area contributed by atoms with Crippen LogP contribution >= 0.6 is 15.9 Å². The monoisotopic (exact) mass is 339 g/mol. The number of halogens is 1. The molecule has 1 aliphatic rings. The molecular formula is C17H26BrNO. The van der Waals surface area contributed by atoms with Crippen molar-refractivity contribution in [3.05, 3.63) is 27.7 Å². The molecule has 0 spiro atoms. The maximum Gasteiger partial charge on any atom is 0.127 e. The molecule has 0 heterocycles. The standard InChI is InChI=1S/C17H26BrNO/c1-12-9-14(18)10-13(11-19-17(2,3)4)16(12)20-15-7-5-6-8-15/h9-10,15,19H,5-8,11H2,1-4H3. The van der Waals surface area contributed by atoms with Crippen molar-refractivity contribution < 1.29 is 4.74 Å². The fourth-order valence-electron chi connectivity index (χ4n) is 2.63. The summed E-state index contributed by atoms with van der Waals surface area (Å²) in [6.07, 6.45) is 5.40. The molecule has 1 fully saturated rings. The molecule has 0 aliphatic heterocycles. The van der Waals surface area contributed by atoms with Gasteiger partial charge in [0.2, 0.25) is 0 Å². The predicted octanol–water partition coefficient (Wildman–Crippen LogP) is 4.97. The quantitative estimate of drug-likeness (QED) is 0.836. The van der Waals surface area contributed by atoms with Crippen LogP contribution in [0.4, 0.5) is 0 Å². The molecule has 0 amide bonds. The molecule has 2 nitrogen and oxygen atoms in total. The topological polar surface area (TPSA) is 21.3 Å². The summed E-state index contributed by atoms with van der Waals surface area (Å²) < 4.78 is 7.42. The van der Waals surface area contributed by atoms with Crippen LogP contribution in [-0.2, 0) is 6.54 Å². The van der Waals surface area contributed by atoms with E-state index in [0.717, 1.165) is 16.8 Å². The van der Waals surface area contributed by atoms with E-state index >= 15 is 0 Å². The Kier molecular flexibility index (Phi) is 5.14. The van der Waals surface area contributed by atoms with Gasteiger partial charge in [0.25, 0.3) is 0 Å². The second kappa shape index (κ2) is 6.48. The molecular weight excluding hydrogens is 314 g/mol. The molecule has 112 valence electrons. The average Bonchev–Trinajstić information content (AvgIpc) is 2.82. The van der Waals surface area contributed by atoms with Crippen LogP contribution in [0, 0.1) is 6.92 Å². The predicted molar refractivity (Wildman–Crippen MR) is 88.4 cm³/mol. The SMILES string of the molecule is Cc1cc(Br)cc(CNC(C)(C)C)c1OC1CCCC1. The number of hydrogen-bond donors (Lipinski definition) is 1. The Bertz CT molecular complexity index is 459. The van der Waals surface area contributed by atoms with Gasteiger partial charge in [-0.3, -0.25) is 0 Å². The molecule has 1 aliphatic carbocycles. The van der Waals surface area contributed by atoms with E-state index in [2.05, 4.69) is 61.1 Å². The third-order valence-corrected chi connectivity index (χ3v) is 4.17. The lowest BCUT2D eigenvalue weighted by molar-refractivity contribution is 0.205. The van der Waals surface area contributed by atoms with Gasteiger partial charge in [0.15, 0.2) is 0 Å². The maximum atomic E-state index is 6.30. The van der Waals surface area contributed by atoms with Gasteiger partial charge < -0.3 is 10.1 Å². The van der Waals surface area contributed by atoms with Crippen molar-refractivity contribution in [2.45, 2.75) is 71.6 Å². The number of ether oxygens (including phenoxy) is 1. The molecule has 0 radical (unpaired) electrons. The van der Waals surface area contributed by atoms with Gasteiger partial charge in [0, 0.05) is 22.1 Å². The largest absolute Gasteiger partial charge is 0.490 e. The number of benzene rings is 1. The molecule has 0 saturated heterocycles. The first kappa shape index (κ1) is 15.8. The van der Waals surface area contributed by atoms with E-state index in [9.17, 15) is 0 Å². The highest BCUT2D eigenvalue weighted by atomic mass is 79.9. The van der Waals surface area contributed by atoms with Crippen molar-refractivity contribution in [2.75, 3.05) is 0 Å². The first-order valence-electron chi connectivity index (χ1n) is 7.56. The van der Waals surface area contributed by atoms with Gasteiger partial charge in [0.05, 0.1) is 6.10 Å². The molecule has 0 atom stereocenters. The van der Waals surface area contributed by atoms with Crippen molar-refractivity contribution in [3.63, 3.8) is 0 Å². The maximum absolute atomic E-state index is 6.30. The second-order valence-corrected chi connectivity index (χ2v) is 7.75. The van der Waals surface area contributed by atoms with Crippen molar-refractivity contribution in [2.24, 2.45) is 0 Å². The normalized spacial score (nSPS) is 16.6. The van der Waals surface area contributed by atoms with Gasteiger partial charge in [-0.15, -0.1) is 0 Å². The molecule has 0 unspecified atom stereocenters. The van der Waals surface area contributed by atoms with Crippen LogP contribution in [-0.4, -0.2) is 11.6 Å². The van der Waals surface area contributed by atoms with E-state index in [-0.39, 0.29) is 5.54 Å². The summed E-state index contributed by atoms with van der Waals surface area (Å²) >= 11 is 3.60. The average molecular weight is 340 g/mol. The zero-order chi connectivity index (χ0) is 14.8. The molecule has 2 rings (SSSR count). The first-order valence-corrected chi connectivity index (χ1v) is 8.35. The second-order valence-electron chi connectivity index (χ2n) is 6.84. The minimum absolute atomic E-state index is 0.112. The summed E-state index contributed by atoms with van der Waals surface area (Å²) in [7, 11) is 0. The van der Waals surface area contributed by atoms with Crippen LogP contribution in [0.25, 0.3) is 0 Å². The molecule has 1 aromatic rings. The van der Waals surface area contributed by atoms with Gasteiger partial charge in [-0.05, 0) is 71.1 Å². The zero-order valence-corrected chi connectivity index (χ0v) is 14.6. The van der Waals surface area contributed by atoms with E-state index < -0.39 is 0 Å². The minimum Gasteiger partial charge on any atom is -0.490 e. The van der Waals surface area contributed by atoms with Gasteiger partial charge in [-0.25, -0.2) is 0 Å². The zero-order valence-electron chi connectivity index (χ0n) is 13.1. The molecule has 0 bridgehead atoms. The van der Waals surface area contributed by atoms with Gasteiger partial charge in [0.1, 0.15) is 5.75 Å². The Morgan fingerprint density at radius 2 is 1.90 bits per heavy atom. The summed E-state index contributed by atoms with van der Waals surface area (Å²) in [6, 6.07) is 4.32. The van der Waals surface area contributed by atoms with Crippen molar-refractivity contribution in [1.82, 2.24) is 5.32 Å². The third kappa shape index (κ3) is 4.49. The fourth-order valence-corrected chi connectivity index (χ4v) is 3.25. The van der Waals surface area contributed by atoms with E-state index in [1.54, 1.807) is 0 Å². The number of nitrogens with one attached hydrogen (secondary N) is 1. The third-order valence-electron chi connectivity index (χ3n) is 3.71. The van der Waals surface area contributed by atoms with Crippen LogP contribution in [0.3, 0.4) is 0 Å². The highest BCUT2D eigenvalue weighted by molar-refractivity contribution is 9.10. The number of rotatable bonds is 4. The molecule has 1 N–H and O–H groups in total. The minimum atomic E-state index is 0.112. The van der Waals surface area contributed by atoms with Crippen LogP contribution in [0.5, 0.6) is 5.75 Å². The summed E-state index contributed by atoms with van der Waals surface area (Å²) in [4.78, 5) is 0. The Labute approximate surface area is 131 Å². The van der Waals surface area contributed by atoms with Crippen molar-refractivity contribution in [3.8, 4) is 5.75 Å². The van der Waals surface area contributed by atoms with Gasteiger partial charge in [-0.2, -0.15) is 0 Å². The van der Waals surface area contributed by atoms with Crippen LogP contribution in [0.15, 0.2) is 16.6 Å². The highest BCUT2D eigenvalue weighted by Gasteiger charge is 2.20. The molecule has 3 heteroatoms. The van der Waals surface area contributed by atoms with Gasteiger partial charge in [-0.1, -0.05) is 15.9 Å². The van der Waals surface area contributed by atoms with Crippen LogP contribution in [0.2, 0.25) is 0 Å². The van der Waals surface area contributed by atoms with Crippen LogP contribution in [0.1, 0.15) is 57.6 Å². The summed E-state index contributed by atoms with van der Waals surface area (Å²) in [5, 5.41) is 3.56. The van der Waals surface area contributed by atoms with E-state index in [1.807, 2.05) is 0 Å². The lowest BCUT2D eigenvalue weighted by atomic mass is 10.1. The lowest BCUT2D eigenvalue weighted by Gasteiger charge is -2.24. The molecule has 20 heavy (non-hydrogen) atoms. The first-order chi connectivity index (χ1) is 9.35. The molecule has 0 aromatic heterocycles. The Hall–Kier alpha value is -0.540. The molecule has 1 saturated carbocycles. The van der Waals surface area contributed by atoms with E-state index in [1.165, 1.54) is 36.8 Å². The fraction of sp³-hybridized carbons (Fsp3) is 0.647. The van der Waals surface area contributed by atoms with E-state index in [4.69, 9.17) is 4.74 Å². The summed E-state index contributed by atoms with van der Waals surface area (Å²) in [5.41, 5.74) is 2.58. The summed E-state index contributed by atoms with van der Waals surface area (Å²) in [5.74, 6) is 1.08. The van der Waals surface area contributed by atoms with Gasteiger partial charge >= 0.3 is 0 Å². The highest BCUT2D eigenvalue weighted by Crippen LogP contribution is 2.32. The lowest BCUT2D eigenvalue weighted by Crippen LogP contribution is -2.35. The Balaban J connectivity index is 2.18. The summed E-state index contributed by atoms with van der Waals surface area (Å²) in [6.45, 7) is 9.54. The number of aryl methyl sites for hydroxylation is 1. The Morgan fingerprint density at radius 3 is 2.50 bits per heavy atom. The molecule has 1 aromatic carbocycles. The Morgan fingerprint density at radius 1 is 1.25 bits per heavy atom. The van der Waals surface area contributed by atoms with Crippen LogP contribution < -0.4 is 10.1 Å². The van der Waals surface area contributed by atoms with Crippen molar-refractivity contribution >= 4 is 15.9 Å². The smallest absolute Gasteiger partial charge is 0.127 e. The van der Waals surface area contributed by atoms with E-state index in [0.29, 0.717) is 6.10 Å². The number of hydrogen-bond acceptors (Lipinski definition) is 2. The van der Waals surface area contributed by atoms with Crippen molar-refractivity contribution in [1.29, 1.82) is 0 Å².